The van der Waals surface area contributed by atoms with Gasteiger partial charge in [-0.3, -0.25) is 0 Å². The van der Waals surface area contributed by atoms with E-state index in [0.29, 0.717) is 6.54 Å². The molecule has 1 heteroatoms. The van der Waals surface area contributed by atoms with Crippen molar-refractivity contribution in [1.29, 1.82) is 0 Å². The van der Waals surface area contributed by atoms with Gasteiger partial charge in [0.25, 0.3) is 0 Å². The lowest BCUT2D eigenvalue weighted by molar-refractivity contribution is 0.687. The van der Waals surface area contributed by atoms with Gasteiger partial charge in [-0.15, -0.1) is 19.6 Å². The molecule has 76 valence electrons. The van der Waals surface area contributed by atoms with Crippen LogP contribution >= 0.6 is 0 Å². The summed E-state index contributed by atoms with van der Waals surface area (Å²) >= 11 is 0. The normalized spacial score (nSPS) is 6.29. The van der Waals surface area contributed by atoms with E-state index < -0.39 is 0 Å². The number of hydrogen-bond acceptors (Lipinski definition) is 1. The fourth-order valence-corrected chi connectivity index (χ4v) is 0.608. The second-order valence-corrected chi connectivity index (χ2v) is 2.23. The topological polar surface area (TPSA) is 12.0 Å². The monoisotopic (exact) mass is 189 g/mol. The van der Waals surface area contributed by atoms with E-state index in [-0.39, 0.29) is 1.43 Å². The van der Waals surface area contributed by atoms with Crippen LogP contribution in [0.25, 0.3) is 0 Å². The van der Waals surface area contributed by atoms with Crippen LogP contribution in [-0.4, -0.2) is 13.1 Å². The molecule has 0 fully saturated rings. The maximum absolute atomic E-state index is 4.90. The Kier molecular flexibility index (Phi) is 18.6. The Morgan fingerprint density at radius 1 is 1.29 bits per heavy atom. The van der Waals surface area contributed by atoms with E-state index >= 15 is 0 Å². The highest BCUT2D eigenvalue weighted by molar-refractivity contribution is 5.33. The molecule has 0 aliphatic carbocycles. The predicted octanol–water partition coefficient (Wildman–Crippen LogP) is 2.06. The fourth-order valence-electron chi connectivity index (χ4n) is 0.608. The average molecular weight is 189 g/mol. The zero-order chi connectivity index (χ0) is 11.1. The van der Waals surface area contributed by atoms with E-state index in [0.717, 1.165) is 6.54 Å². The smallest absolute Gasteiger partial charge is 0.0586 e. The Morgan fingerprint density at radius 3 is 2.57 bits per heavy atom. The molecule has 0 heterocycles. The average Bonchev–Trinajstić information content (AvgIpc) is 2.25. The Balaban J connectivity index is -0.000000449. The van der Waals surface area contributed by atoms with Gasteiger partial charge < -0.3 is 5.32 Å². The molecule has 0 aliphatic heterocycles. The first-order valence-electron chi connectivity index (χ1n) is 4.56. The SMILES string of the molecule is C#CC#CC#CCNCCCC.C=C.[HH]. The van der Waals surface area contributed by atoms with E-state index in [9.17, 15) is 0 Å². The van der Waals surface area contributed by atoms with Crippen molar-refractivity contribution in [3.05, 3.63) is 13.2 Å². The molecule has 0 bridgehead atoms. The number of terminal acetylenes is 1. The minimum Gasteiger partial charge on any atom is -0.306 e. The Bertz CT molecular complexity index is 267. The van der Waals surface area contributed by atoms with Gasteiger partial charge in [0.2, 0.25) is 0 Å². The van der Waals surface area contributed by atoms with Crippen molar-refractivity contribution in [3.8, 4) is 36.0 Å². The third kappa shape index (κ3) is 16.8. The lowest BCUT2D eigenvalue weighted by atomic mass is 10.3. The van der Waals surface area contributed by atoms with E-state index in [1.165, 1.54) is 12.8 Å². The van der Waals surface area contributed by atoms with Crippen LogP contribution in [0.15, 0.2) is 13.2 Å². The zero-order valence-electron chi connectivity index (χ0n) is 8.82. The maximum Gasteiger partial charge on any atom is 0.0586 e. The standard InChI is InChI=1S/C11H13N.C2H4.H2/c1-3-5-7-8-9-11-12-10-6-4-2;1-2;/h1,12H,4,6,10-11H2,2H3;1-2H2;1H. The van der Waals surface area contributed by atoms with Crippen LogP contribution in [0.5, 0.6) is 0 Å². The third-order valence-corrected chi connectivity index (χ3v) is 1.21. The highest BCUT2D eigenvalue weighted by Gasteiger charge is 1.79. The lowest BCUT2D eigenvalue weighted by Crippen LogP contribution is -2.14. The van der Waals surface area contributed by atoms with Crippen LogP contribution in [0.1, 0.15) is 21.2 Å². The molecule has 0 radical (unpaired) electrons. The summed E-state index contributed by atoms with van der Waals surface area (Å²) in [6, 6.07) is 0. The number of unbranched alkanes of at least 4 members (excludes halogenated alkanes) is 1. The quantitative estimate of drug-likeness (QED) is 0.405. The molecular formula is C13H19N. The summed E-state index contributed by atoms with van der Waals surface area (Å²) in [6.07, 6.45) is 7.30. The molecule has 0 aromatic carbocycles. The first kappa shape index (κ1) is 14.9. The number of hydrogen-bond donors (Lipinski definition) is 1. The molecule has 0 aromatic rings. The minimum absolute atomic E-state index is 0. The summed E-state index contributed by atoms with van der Waals surface area (Å²) in [6.45, 7) is 9.87. The Labute approximate surface area is 89.5 Å². The van der Waals surface area contributed by atoms with Crippen molar-refractivity contribution in [1.82, 2.24) is 5.32 Å². The summed E-state index contributed by atoms with van der Waals surface area (Å²) < 4.78 is 0. The Morgan fingerprint density at radius 2 is 2.00 bits per heavy atom. The molecular weight excluding hydrogens is 170 g/mol. The molecule has 0 aromatic heterocycles. The van der Waals surface area contributed by atoms with Crippen molar-refractivity contribution < 1.29 is 1.43 Å². The van der Waals surface area contributed by atoms with Crippen molar-refractivity contribution in [3.63, 3.8) is 0 Å². The summed E-state index contributed by atoms with van der Waals surface area (Å²) in [7, 11) is 0. The van der Waals surface area contributed by atoms with Gasteiger partial charge in [0.1, 0.15) is 0 Å². The molecule has 0 rings (SSSR count). The molecule has 0 atom stereocenters. The third-order valence-electron chi connectivity index (χ3n) is 1.21. The number of nitrogens with one attached hydrogen (secondary N) is 1. The minimum atomic E-state index is 0. The molecule has 0 saturated heterocycles. The predicted molar refractivity (Wildman–Crippen MR) is 65.5 cm³/mol. The first-order chi connectivity index (χ1) is 6.91. The van der Waals surface area contributed by atoms with Crippen LogP contribution in [0.2, 0.25) is 0 Å². The van der Waals surface area contributed by atoms with Gasteiger partial charge >= 0.3 is 0 Å². The van der Waals surface area contributed by atoms with Gasteiger partial charge in [0.05, 0.1) is 6.54 Å². The lowest BCUT2D eigenvalue weighted by Gasteiger charge is -1.95. The van der Waals surface area contributed by atoms with Crippen molar-refractivity contribution >= 4 is 0 Å². The molecule has 0 amide bonds. The maximum atomic E-state index is 4.90. The molecule has 1 N–H and O–H groups in total. The summed E-state index contributed by atoms with van der Waals surface area (Å²) in [5, 5.41) is 3.17. The summed E-state index contributed by atoms with van der Waals surface area (Å²) in [4.78, 5) is 0. The van der Waals surface area contributed by atoms with Gasteiger partial charge in [-0.2, -0.15) is 0 Å². The zero-order valence-corrected chi connectivity index (χ0v) is 8.82. The van der Waals surface area contributed by atoms with E-state index in [1.54, 1.807) is 0 Å². The number of rotatable bonds is 4. The second kappa shape index (κ2) is 17.5. The van der Waals surface area contributed by atoms with Crippen LogP contribution in [0.3, 0.4) is 0 Å². The largest absolute Gasteiger partial charge is 0.306 e. The summed E-state index contributed by atoms with van der Waals surface area (Å²) in [5.74, 6) is 12.7. The van der Waals surface area contributed by atoms with Crippen LogP contribution in [-0.2, 0) is 0 Å². The van der Waals surface area contributed by atoms with Gasteiger partial charge in [0, 0.05) is 1.43 Å². The summed E-state index contributed by atoms with van der Waals surface area (Å²) in [5.41, 5.74) is 0. The molecule has 0 spiro atoms. The van der Waals surface area contributed by atoms with E-state index in [4.69, 9.17) is 6.42 Å². The second-order valence-electron chi connectivity index (χ2n) is 2.23. The van der Waals surface area contributed by atoms with Gasteiger partial charge in [-0.05, 0) is 36.6 Å². The van der Waals surface area contributed by atoms with Crippen molar-refractivity contribution in [2.75, 3.05) is 13.1 Å². The Hall–Kier alpha value is -1.62. The van der Waals surface area contributed by atoms with Gasteiger partial charge in [-0.25, -0.2) is 0 Å². The van der Waals surface area contributed by atoms with Gasteiger partial charge in [-0.1, -0.05) is 19.3 Å². The fraction of sp³-hybridized carbons (Fsp3) is 0.385. The first-order valence-corrected chi connectivity index (χ1v) is 4.56. The molecule has 0 aliphatic rings. The molecule has 1 nitrogen and oxygen atoms in total. The van der Waals surface area contributed by atoms with E-state index in [2.05, 4.69) is 55.0 Å². The van der Waals surface area contributed by atoms with E-state index in [1.807, 2.05) is 0 Å². The van der Waals surface area contributed by atoms with Crippen LogP contribution in [0.4, 0.5) is 0 Å². The van der Waals surface area contributed by atoms with Crippen molar-refractivity contribution in [2.45, 2.75) is 19.8 Å². The van der Waals surface area contributed by atoms with Gasteiger partial charge in [0.15, 0.2) is 0 Å². The highest BCUT2D eigenvalue weighted by atomic mass is 14.8. The van der Waals surface area contributed by atoms with Crippen molar-refractivity contribution in [2.24, 2.45) is 0 Å². The molecule has 0 saturated carbocycles. The molecule has 0 unspecified atom stereocenters. The highest BCUT2D eigenvalue weighted by Crippen LogP contribution is 1.80. The van der Waals surface area contributed by atoms with Crippen LogP contribution in [0, 0.1) is 36.0 Å². The van der Waals surface area contributed by atoms with Crippen LogP contribution < -0.4 is 5.32 Å². The molecule has 14 heavy (non-hydrogen) atoms.